The Balaban J connectivity index is 1.48. The molecule has 2 aromatic carbocycles. The van der Waals surface area contributed by atoms with E-state index in [-0.39, 0.29) is 35.4 Å². The van der Waals surface area contributed by atoms with Crippen LogP contribution in [0.5, 0.6) is 11.5 Å². The topological polar surface area (TPSA) is 111 Å². The predicted octanol–water partition coefficient (Wildman–Crippen LogP) is 3.06. The van der Waals surface area contributed by atoms with Crippen LogP contribution in [0.4, 0.5) is 5.69 Å². The second-order valence-corrected chi connectivity index (χ2v) is 9.92. The summed E-state index contributed by atoms with van der Waals surface area (Å²) >= 11 is 0. The normalized spacial score (nSPS) is 14.9. The number of fused-ring (bicyclic) bond motifs is 1. The SMILES string of the molecule is CCOC(=O)CCN(CC1CC1)C(=O)c1cccc(NS(=O)(=O)c2ccc3c(c2)OCCO3)c1. The first-order valence-electron chi connectivity index (χ1n) is 11.3. The van der Waals surface area contributed by atoms with Gasteiger partial charge in [-0.25, -0.2) is 8.42 Å². The molecule has 0 saturated heterocycles. The number of esters is 1. The van der Waals surface area contributed by atoms with Gasteiger partial charge >= 0.3 is 5.97 Å². The quantitative estimate of drug-likeness (QED) is 0.512. The molecular formula is C24H28N2O7S. The third-order valence-corrected chi connectivity index (χ3v) is 6.92. The molecule has 1 N–H and O–H groups in total. The van der Waals surface area contributed by atoms with Crippen molar-refractivity contribution in [1.29, 1.82) is 0 Å². The number of sulfonamides is 1. The lowest BCUT2D eigenvalue weighted by atomic mass is 10.1. The predicted molar refractivity (Wildman–Crippen MR) is 125 cm³/mol. The number of ether oxygens (including phenoxy) is 3. The molecule has 2 aliphatic rings. The standard InChI is InChI=1S/C24H28N2O7S/c1-2-31-23(27)10-11-26(16-17-6-7-17)24(28)18-4-3-5-19(14-18)25-34(29,30)20-8-9-21-22(15-20)33-13-12-32-21/h3-5,8-9,14-15,17,25H,2,6-7,10-13,16H2,1H3. The summed E-state index contributed by atoms with van der Waals surface area (Å²) in [5, 5.41) is 0. The summed E-state index contributed by atoms with van der Waals surface area (Å²) in [6, 6.07) is 10.8. The van der Waals surface area contributed by atoms with Crippen LogP contribution < -0.4 is 14.2 Å². The van der Waals surface area contributed by atoms with Crippen LogP contribution >= 0.6 is 0 Å². The van der Waals surface area contributed by atoms with E-state index in [1.165, 1.54) is 18.2 Å². The smallest absolute Gasteiger partial charge is 0.307 e. The van der Waals surface area contributed by atoms with Crippen molar-refractivity contribution in [3.05, 3.63) is 48.0 Å². The van der Waals surface area contributed by atoms with Gasteiger partial charge < -0.3 is 19.1 Å². The van der Waals surface area contributed by atoms with Crippen LogP contribution in [-0.4, -0.2) is 58.1 Å². The highest BCUT2D eigenvalue weighted by Gasteiger charge is 2.28. The maximum absolute atomic E-state index is 13.2. The summed E-state index contributed by atoms with van der Waals surface area (Å²) in [4.78, 5) is 26.7. The fourth-order valence-electron chi connectivity index (χ4n) is 3.65. The molecule has 0 bridgehead atoms. The number of amides is 1. The van der Waals surface area contributed by atoms with Crippen molar-refractivity contribution in [3.63, 3.8) is 0 Å². The average Bonchev–Trinajstić information content (AvgIpc) is 3.65. The van der Waals surface area contributed by atoms with E-state index in [1.807, 2.05) is 0 Å². The van der Waals surface area contributed by atoms with Gasteiger partial charge in [0.1, 0.15) is 13.2 Å². The fourth-order valence-corrected chi connectivity index (χ4v) is 4.71. The molecular weight excluding hydrogens is 460 g/mol. The van der Waals surface area contributed by atoms with Gasteiger partial charge in [0.15, 0.2) is 11.5 Å². The van der Waals surface area contributed by atoms with E-state index in [4.69, 9.17) is 14.2 Å². The molecule has 0 aromatic heterocycles. The molecule has 1 fully saturated rings. The number of nitrogens with zero attached hydrogens (tertiary/aromatic N) is 1. The molecule has 1 aliphatic carbocycles. The highest BCUT2D eigenvalue weighted by Crippen LogP contribution is 2.33. The number of nitrogens with one attached hydrogen (secondary N) is 1. The third kappa shape index (κ3) is 5.99. The first kappa shape index (κ1) is 23.9. The van der Waals surface area contributed by atoms with E-state index in [0.29, 0.717) is 49.3 Å². The number of carbonyl (C=O) groups is 2. The molecule has 10 heteroatoms. The summed E-state index contributed by atoms with van der Waals surface area (Å²) in [5.74, 6) is 0.698. The molecule has 182 valence electrons. The lowest BCUT2D eigenvalue weighted by Gasteiger charge is -2.23. The first-order valence-corrected chi connectivity index (χ1v) is 12.8. The van der Waals surface area contributed by atoms with Gasteiger partial charge in [0.25, 0.3) is 15.9 Å². The van der Waals surface area contributed by atoms with Crippen LogP contribution in [0.2, 0.25) is 0 Å². The number of anilines is 1. The monoisotopic (exact) mass is 488 g/mol. The summed E-state index contributed by atoms with van der Waals surface area (Å²) in [5.41, 5.74) is 0.601. The molecule has 0 atom stereocenters. The van der Waals surface area contributed by atoms with Crippen molar-refractivity contribution >= 4 is 27.6 Å². The molecule has 0 unspecified atom stereocenters. The van der Waals surface area contributed by atoms with Crippen LogP contribution in [0.1, 0.15) is 36.5 Å². The molecule has 0 spiro atoms. The Morgan fingerprint density at radius 1 is 1.09 bits per heavy atom. The summed E-state index contributed by atoms with van der Waals surface area (Å²) in [7, 11) is -3.92. The highest BCUT2D eigenvalue weighted by atomic mass is 32.2. The van der Waals surface area contributed by atoms with Crippen molar-refractivity contribution in [3.8, 4) is 11.5 Å². The summed E-state index contributed by atoms with van der Waals surface area (Å²) in [6.07, 6.45) is 2.22. The molecule has 9 nitrogen and oxygen atoms in total. The van der Waals surface area contributed by atoms with Crippen LogP contribution in [0.3, 0.4) is 0 Å². The van der Waals surface area contributed by atoms with Crippen LogP contribution in [-0.2, 0) is 19.6 Å². The van der Waals surface area contributed by atoms with Crippen LogP contribution in [0, 0.1) is 5.92 Å². The minimum Gasteiger partial charge on any atom is -0.486 e. The molecule has 0 radical (unpaired) electrons. The number of hydrogen-bond donors (Lipinski definition) is 1. The zero-order valence-electron chi connectivity index (χ0n) is 19.0. The zero-order valence-corrected chi connectivity index (χ0v) is 19.8. The first-order chi connectivity index (χ1) is 16.4. The minimum absolute atomic E-state index is 0.0262. The number of benzene rings is 2. The van der Waals surface area contributed by atoms with Crippen molar-refractivity contribution in [2.75, 3.05) is 37.6 Å². The van der Waals surface area contributed by atoms with Crippen molar-refractivity contribution in [2.24, 2.45) is 5.92 Å². The van der Waals surface area contributed by atoms with Crippen LogP contribution in [0.25, 0.3) is 0 Å². The molecule has 4 rings (SSSR count). The van der Waals surface area contributed by atoms with E-state index in [2.05, 4.69) is 4.72 Å². The second-order valence-electron chi connectivity index (χ2n) is 8.24. The van der Waals surface area contributed by atoms with Gasteiger partial charge in [-0.05, 0) is 56.0 Å². The Hall–Kier alpha value is -3.27. The molecule has 1 saturated carbocycles. The van der Waals surface area contributed by atoms with E-state index in [1.54, 1.807) is 36.1 Å². The van der Waals surface area contributed by atoms with Gasteiger partial charge in [-0.15, -0.1) is 0 Å². The Labute approximate surface area is 199 Å². The maximum Gasteiger partial charge on any atom is 0.307 e. The van der Waals surface area contributed by atoms with Gasteiger partial charge in [-0.3, -0.25) is 14.3 Å². The van der Waals surface area contributed by atoms with Gasteiger partial charge in [-0.2, -0.15) is 0 Å². The highest BCUT2D eigenvalue weighted by molar-refractivity contribution is 7.92. The van der Waals surface area contributed by atoms with Crippen molar-refractivity contribution in [2.45, 2.75) is 31.1 Å². The molecule has 34 heavy (non-hydrogen) atoms. The Morgan fingerprint density at radius 3 is 2.59 bits per heavy atom. The number of carbonyl (C=O) groups excluding carboxylic acids is 2. The third-order valence-electron chi connectivity index (χ3n) is 5.54. The van der Waals surface area contributed by atoms with E-state index >= 15 is 0 Å². The maximum atomic E-state index is 13.2. The van der Waals surface area contributed by atoms with Gasteiger partial charge in [-0.1, -0.05) is 6.07 Å². The van der Waals surface area contributed by atoms with E-state index in [9.17, 15) is 18.0 Å². The second kappa shape index (κ2) is 10.3. The lowest BCUT2D eigenvalue weighted by Crippen LogP contribution is -2.35. The van der Waals surface area contributed by atoms with Crippen molar-refractivity contribution < 1.29 is 32.2 Å². The zero-order chi connectivity index (χ0) is 24.1. The Bertz CT molecular complexity index is 1160. The Kier molecular flexibility index (Phi) is 7.26. The van der Waals surface area contributed by atoms with Gasteiger partial charge in [0, 0.05) is 30.4 Å². The molecule has 2 aromatic rings. The number of rotatable bonds is 10. The summed E-state index contributed by atoms with van der Waals surface area (Å²) < 4.78 is 44.3. The van der Waals surface area contributed by atoms with E-state index < -0.39 is 10.0 Å². The Morgan fingerprint density at radius 2 is 1.85 bits per heavy atom. The average molecular weight is 489 g/mol. The van der Waals surface area contributed by atoms with Gasteiger partial charge in [0.05, 0.1) is 17.9 Å². The van der Waals surface area contributed by atoms with Crippen molar-refractivity contribution in [1.82, 2.24) is 4.90 Å². The summed E-state index contributed by atoms with van der Waals surface area (Å²) in [6.45, 7) is 3.60. The minimum atomic E-state index is -3.92. The molecule has 1 amide bonds. The van der Waals surface area contributed by atoms with E-state index in [0.717, 1.165) is 12.8 Å². The fraction of sp³-hybridized carbons (Fsp3) is 0.417. The lowest BCUT2D eigenvalue weighted by molar-refractivity contribution is -0.143. The van der Waals surface area contributed by atoms with Crippen LogP contribution in [0.15, 0.2) is 47.4 Å². The van der Waals surface area contributed by atoms with Gasteiger partial charge in [0.2, 0.25) is 0 Å². The largest absolute Gasteiger partial charge is 0.486 e. The molecule has 1 aliphatic heterocycles. The number of hydrogen-bond acceptors (Lipinski definition) is 7. The molecule has 1 heterocycles.